The van der Waals surface area contributed by atoms with Crippen LogP contribution in [0.4, 0.5) is 17.1 Å². The molecule has 2 aromatic carbocycles. The molecule has 0 radical (unpaired) electrons. The van der Waals surface area contributed by atoms with Crippen molar-refractivity contribution in [2.45, 2.75) is 0 Å². The lowest BCUT2D eigenvalue weighted by molar-refractivity contribution is 0.0686. The van der Waals surface area contributed by atoms with E-state index in [1.807, 2.05) is 0 Å². The lowest BCUT2D eigenvalue weighted by Crippen LogP contribution is -2.00. The number of nitrogens with two attached hydrogens (primary N) is 3. The summed E-state index contributed by atoms with van der Waals surface area (Å²) in [4.78, 5) is 20.7. The van der Waals surface area contributed by atoms with Crippen LogP contribution in [-0.4, -0.2) is 22.2 Å². The van der Waals surface area contributed by atoms with E-state index in [9.17, 15) is 9.59 Å². The number of hydrogen-bond acceptors (Lipinski definition) is 5. The maximum Gasteiger partial charge on any atom is 0.337 e. The van der Waals surface area contributed by atoms with Crippen LogP contribution in [0.3, 0.4) is 0 Å². The van der Waals surface area contributed by atoms with Gasteiger partial charge in [0, 0.05) is 17.1 Å². The number of benzene rings is 2. The van der Waals surface area contributed by atoms with Gasteiger partial charge in [0.25, 0.3) is 0 Å². The van der Waals surface area contributed by atoms with E-state index in [1.54, 1.807) is 18.2 Å². The Hall–Kier alpha value is -3.22. The molecule has 0 atom stereocenters. The highest BCUT2D eigenvalue weighted by Gasteiger charge is 2.04. The zero-order valence-electron chi connectivity index (χ0n) is 11.0. The Bertz CT molecular complexity index is 651. The van der Waals surface area contributed by atoms with Crippen molar-refractivity contribution >= 4 is 29.0 Å². The van der Waals surface area contributed by atoms with Crippen LogP contribution in [0.15, 0.2) is 42.5 Å². The Morgan fingerprint density at radius 2 is 1.33 bits per heavy atom. The van der Waals surface area contributed by atoms with Crippen LogP contribution in [0.2, 0.25) is 0 Å². The number of nitrogen functional groups attached to an aromatic ring is 3. The molecule has 21 heavy (non-hydrogen) atoms. The summed E-state index contributed by atoms with van der Waals surface area (Å²) in [7, 11) is 0. The van der Waals surface area contributed by atoms with Crippen molar-refractivity contribution in [3.05, 3.63) is 53.6 Å². The molecular formula is C14H15N3O4. The van der Waals surface area contributed by atoms with E-state index in [1.165, 1.54) is 24.3 Å². The number of para-hydroxylation sites is 1. The Morgan fingerprint density at radius 3 is 1.71 bits per heavy atom. The molecule has 0 unspecified atom stereocenters. The van der Waals surface area contributed by atoms with Crippen molar-refractivity contribution < 1.29 is 19.8 Å². The van der Waals surface area contributed by atoms with E-state index in [4.69, 9.17) is 27.4 Å². The van der Waals surface area contributed by atoms with Gasteiger partial charge >= 0.3 is 11.9 Å². The summed E-state index contributed by atoms with van der Waals surface area (Å²) < 4.78 is 0. The topological polar surface area (TPSA) is 153 Å². The standard InChI is InChI=1S/C7H8N2O2.C7H7NO2/c8-5-1-4(7(10)11)2-6(9)3-5;8-6-4-2-1-3-5(6)7(9)10/h1-3H,8-9H2,(H,10,11);1-4H,8H2,(H,9,10). The zero-order chi connectivity index (χ0) is 16.0. The molecule has 0 aliphatic carbocycles. The third-order valence-corrected chi connectivity index (χ3v) is 2.42. The van der Waals surface area contributed by atoms with Gasteiger partial charge in [0.15, 0.2) is 0 Å². The van der Waals surface area contributed by atoms with Crippen molar-refractivity contribution in [2.24, 2.45) is 0 Å². The Balaban J connectivity index is 0.000000211. The summed E-state index contributed by atoms with van der Waals surface area (Å²) in [6, 6.07) is 10.6. The minimum atomic E-state index is -1.02. The normalized spacial score (nSPS) is 9.33. The van der Waals surface area contributed by atoms with Crippen LogP contribution < -0.4 is 17.2 Å². The predicted octanol–water partition coefficient (Wildman–Crippen LogP) is 1.52. The van der Waals surface area contributed by atoms with E-state index >= 15 is 0 Å². The van der Waals surface area contributed by atoms with E-state index in [-0.39, 0.29) is 11.1 Å². The van der Waals surface area contributed by atoms with Gasteiger partial charge in [0.2, 0.25) is 0 Å². The first-order valence-corrected chi connectivity index (χ1v) is 5.78. The van der Waals surface area contributed by atoms with E-state index in [0.717, 1.165) is 0 Å². The summed E-state index contributed by atoms with van der Waals surface area (Å²) in [6.45, 7) is 0. The first-order chi connectivity index (χ1) is 9.81. The fourth-order valence-electron chi connectivity index (χ4n) is 1.49. The average molecular weight is 289 g/mol. The van der Waals surface area contributed by atoms with Gasteiger partial charge in [-0.2, -0.15) is 0 Å². The summed E-state index contributed by atoms with van der Waals surface area (Å²) in [6.07, 6.45) is 0. The maximum absolute atomic E-state index is 10.4. The Kier molecular flexibility index (Phi) is 5.13. The second kappa shape index (κ2) is 6.80. The van der Waals surface area contributed by atoms with Gasteiger partial charge < -0.3 is 27.4 Å². The molecule has 0 aromatic heterocycles. The van der Waals surface area contributed by atoms with E-state index in [2.05, 4.69) is 0 Å². The molecule has 0 spiro atoms. The third-order valence-electron chi connectivity index (χ3n) is 2.42. The first-order valence-electron chi connectivity index (χ1n) is 5.78. The number of carboxylic acid groups (broad SMARTS) is 2. The molecule has 2 rings (SSSR count). The smallest absolute Gasteiger partial charge is 0.337 e. The van der Waals surface area contributed by atoms with Gasteiger partial charge in [-0.05, 0) is 30.3 Å². The number of hydrogen-bond donors (Lipinski definition) is 5. The van der Waals surface area contributed by atoms with Gasteiger partial charge in [-0.25, -0.2) is 9.59 Å². The molecule has 0 heterocycles. The fraction of sp³-hybridized carbons (Fsp3) is 0. The van der Waals surface area contributed by atoms with Crippen molar-refractivity contribution in [1.82, 2.24) is 0 Å². The van der Waals surface area contributed by atoms with Crippen LogP contribution in [0.1, 0.15) is 20.7 Å². The average Bonchev–Trinajstić information content (AvgIpc) is 2.38. The molecule has 7 heteroatoms. The predicted molar refractivity (Wildman–Crippen MR) is 80.0 cm³/mol. The van der Waals surface area contributed by atoms with Gasteiger partial charge in [-0.15, -0.1) is 0 Å². The highest BCUT2D eigenvalue weighted by atomic mass is 16.4. The first kappa shape index (κ1) is 15.8. The second-order valence-corrected chi connectivity index (χ2v) is 4.09. The van der Waals surface area contributed by atoms with Crippen molar-refractivity contribution in [1.29, 1.82) is 0 Å². The number of carbonyl (C=O) groups is 2. The van der Waals surface area contributed by atoms with Crippen LogP contribution in [-0.2, 0) is 0 Å². The molecule has 110 valence electrons. The monoisotopic (exact) mass is 289 g/mol. The van der Waals surface area contributed by atoms with Gasteiger partial charge in [0.1, 0.15) is 0 Å². The fourth-order valence-corrected chi connectivity index (χ4v) is 1.49. The molecule has 0 fully saturated rings. The molecule has 0 amide bonds. The highest BCUT2D eigenvalue weighted by Crippen LogP contribution is 2.13. The Morgan fingerprint density at radius 1 is 0.810 bits per heavy atom. The summed E-state index contributed by atoms with van der Waals surface area (Å²) in [5.41, 5.74) is 17.3. The molecule has 0 bridgehead atoms. The van der Waals surface area contributed by atoms with Crippen molar-refractivity contribution in [2.75, 3.05) is 17.2 Å². The lowest BCUT2D eigenvalue weighted by atomic mass is 10.2. The minimum absolute atomic E-state index is 0.113. The van der Waals surface area contributed by atoms with Crippen LogP contribution in [0, 0.1) is 0 Å². The lowest BCUT2D eigenvalue weighted by Gasteiger charge is -1.98. The summed E-state index contributed by atoms with van der Waals surface area (Å²) in [5.74, 6) is -2.01. The van der Waals surface area contributed by atoms with Gasteiger partial charge in [-0.1, -0.05) is 12.1 Å². The largest absolute Gasteiger partial charge is 0.478 e. The summed E-state index contributed by atoms with van der Waals surface area (Å²) >= 11 is 0. The van der Waals surface area contributed by atoms with E-state index in [0.29, 0.717) is 17.1 Å². The Labute approximate surface area is 120 Å². The zero-order valence-corrected chi connectivity index (χ0v) is 11.0. The second-order valence-electron chi connectivity index (χ2n) is 4.09. The minimum Gasteiger partial charge on any atom is -0.478 e. The molecule has 0 aliphatic heterocycles. The molecule has 2 aromatic rings. The van der Waals surface area contributed by atoms with Crippen molar-refractivity contribution in [3.63, 3.8) is 0 Å². The maximum atomic E-state index is 10.4. The summed E-state index contributed by atoms with van der Waals surface area (Å²) in [5, 5.41) is 17.0. The van der Waals surface area contributed by atoms with Crippen LogP contribution >= 0.6 is 0 Å². The van der Waals surface area contributed by atoms with Gasteiger partial charge in [-0.3, -0.25) is 0 Å². The van der Waals surface area contributed by atoms with Crippen molar-refractivity contribution in [3.8, 4) is 0 Å². The third kappa shape index (κ3) is 4.75. The molecule has 8 N–H and O–H groups in total. The molecule has 0 aliphatic rings. The quantitative estimate of drug-likeness (QED) is 0.525. The molecule has 7 nitrogen and oxygen atoms in total. The van der Waals surface area contributed by atoms with E-state index < -0.39 is 11.9 Å². The van der Waals surface area contributed by atoms with Crippen LogP contribution in [0.25, 0.3) is 0 Å². The van der Waals surface area contributed by atoms with Gasteiger partial charge in [0.05, 0.1) is 11.1 Å². The van der Waals surface area contributed by atoms with Crippen LogP contribution in [0.5, 0.6) is 0 Å². The molecule has 0 saturated carbocycles. The molecule has 0 saturated heterocycles. The molecular weight excluding hydrogens is 274 g/mol. The SMILES string of the molecule is Nc1cc(N)cc(C(=O)O)c1.Nc1ccccc1C(=O)O. The number of rotatable bonds is 2. The highest BCUT2D eigenvalue weighted by molar-refractivity contribution is 5.93. The number of carboxylic acids is 2. The number of aromatic carboxylic acids is 2. The number of anilines is 3.